The monoisotopic (exact) mass is 518 g/mol. The molecule has 0 unspecified atom stereocenters. The molecule has 0 radical (unpaired) electrons. The van der Waals surface area contributed by atoms with E-state index in [1.54, 1.807) is 0 Å². The summed E-state index contributed by atoms with van der Waals surface area (Å²) >= 11 is 0. The van der Waals surface area contributed by atoms with Gasteiger partial charge in [0.15, 0.2) is 11.5 Å². The van der Waals surface area contributed by atoms with E-state index in [1.165, 1.54) is 31.4 Å². The van der Waals surface area contributed by atoms with Crippen LogP contribution in [0.3, 0.4) is 0 Å². The molecule has 0 bridgehead atoms. The predicted octanol–water partition coefficient (Wildman–Crippen LogP) is 3.91. The maximum absolute atomic E-state index is 14.1. The van der Waals surface area contributed by atoms with E-state index in [9.17, 15) is 18.4 Å². The molecule has 2 fully saturated rings. The quantitative estimate of drug-likeness (QED) is 0.523. The van der Waals surface area contributed by atoms with Crippen LogP contribution in [0.5, 0.6) is 0 Å². The molecule has 1 saturated heterocycles. The molecule has 202 valence electrons. The minimum atomic E-state index is -0.809. The van der Waals surface area contributed by atoms with Crippen molar-refractivity contribution in [2.45, 2.75) is 70.5 Å². The molecule has 10 heteroatoms. The van der Waals surface area contributed by atoms with Crippen molar-refractivity contribution in [1.82, 2.24) is 20.7 Å². The van der Waals surface area contributed by atoms with Gasteiger partial charge in [-0.25, -0.2) is 8.78 Å². The van der Waals surface area contributed by atoms with Crippen LogP contribution in [-0.2, 0) is 9.53 Å². The summed E-state index contributed by atoms with van der Waals surface area (Å²) in [6, 6.07) is 4.32. The van der Waals surface area contributed by atoms with Gasteiger partial charge in [0.05, 0.1) is 18.1 Å². The first-order chi connectivity index (χ1) is 17.9. The lowest BCUT2D eigenvalue weighted by Gasteiger charge is -2.43. The zero-order chi connectivity index (χ0) is 26.4. The molecule has 1 saturated carbocycles. The molecule has 1 aromatic heterocycles. The molecule has 2 N–H and O–H groups in total. The number of nitrogens with one attached hydrogen (secondary N) is 2. The number of hydrogen-bond acceptors (Lipinski definition) is 6. The average molecular weight is 519 g/mol. The topological polar surface area (TPSA) is 96.7 Å². The van der Waals surface area contributed by atoms with Gasteiger partial charge >= 0.3 is 0 Å². The molecule has 4 rings (SSSR count). The summed E-state index contributed by atoms with van der Waals surface area (Å²) < 4.78 is 38.0. The first-order valence-electron chi connectivity index (χ1n) is 13.2. The number of hydrogen-bond donors (Lipinski definition) is 2. The van der Waals surface area contributed by atoms with E-state index in [0.717, 1.165) is 31.5 Å². The molecule has 2 amide bonds. The third kappa shape index (κ3) is 6.93. The van der Waals surface area contributed by atoms with Gasteiger partial charge in [-0.15, -0.1) is 0 Å². The average Bonchev–Trinajstić information content (AvgIpc) is 3.38. The van der Waals surface area contributed by atoms with Crippen LogP contribution < -0.4 is 10.6 Å². The molecular weight excluding hydrogens is 482 g/mol. The molecule has 3 atom stereocenters. The molecule has 8 nitrogen and oxygen atoms in total. The molecule has 0 spiro atoms. The minimum absolute atomic E-state index is 0.00859. The van der Waals surface area contributed by atoms with Crippen LogP contribution in [0.15, 0.2) is 28.8 Å². The molecule has 1 aromatic carbocycles. The number of ether oxygens (including phenoxy) is 1. The number of carbonyl (C=O) groups is 2. The lowest BCUT2D eigenvalue weighted by atomic mass is 9.86. The fourth-order valence-corrected chi connectivity index (χ4v) is 5.32. The third-order valence-corrected chi connectivity index (χ3v) is 7.29. The smallest absolute Gasteiger partial charge is 0.273 e. The van der Waals surface area contributed by atoms with Crippen LogP contribution in [0, 0.1) is 17.6 Å². The number of likely N-dealkylation sites (tertiary alicyclic amines) is 1. The maximum atomic E-state index is 14.1. The summed E-state index contributed by atoms with van der Waals surface area (Å²) in [6.45, 7) is 6.14. The van der Waals surface area contributed by atoms with Gasteiger partial charge in [-0.3, -0.25) is 14.5 Å². The molecule has 2 heterocycles. The minimum Gasteiger partial charge on any atom is -0.380 e. The summed E-state index contributed by atoms with van der Waals surface area (Å²) in [4.78, 5) is 28.8. The summed E-state index contributed by atoms with van der Waals surface area (Å²) in [7, 11) is 0. The van der Waals surface area contributed by atoms with Crippen LogP contribution in [0.25, 0.3) is 11.3 Å². The Morgan fingerprint density at radius 3 is 2.70 bits per heavy atom. The van der Waals surface area contributed by atoms with Crippen molar-refractivity contribution < 1.29 is 27.6 Å². The lowest BCUT2D eigenvalue weighted by Crippen LogP contribution is -2.58. The SMILES string of the molecule is CCOC[C@@H](C)NC(=O)[C@H]1CN(C2CCCCC2)CC[C@@H]1NC(=O)c1cc(-c2ccc(F)cc2F)on1. The van der Waals surface area contributed by atoms with E-state index >= 15 is 0 Å². The van der Waals surface area contributed by atoms with E-state index in [-0.39, 0.29) is 29.0 Å². The predicted molar refractivity (Wildman–Crippen MR) is 134 cm³/mol. The van der Waals surface area contributed by atoms with E-state index < -0.39 is 29.5 Å². The van der Waals surface area contributed by atoms with Crippen molar-refractivity contribution in [1.29, 1.82) is 0 Å². The number of carbonyl (C=O) groups excluding carboxylic acids is 2. The second-order valence-electron chi connectivity index (χ2n) is 10.0. The summed E-state index contributed by atoms with van der Waals surface area (Å²) in [6.07, 6.45) is 6.54. The van der Waals surface area contributed by atoms with Gasteiger partial charge < -0.3 is 19.9 Å². The summed E-state index contributed by atoms with van der Waals surface area (Å²) in [5.74, 6) is -2.56. The molecule has 1 aliphatic heterocycles. The van der Waals surface area contributed by atoms with Gasteiger partial charge in [0.1, 0.15) is 11.6 Å². The normalized spacial score (nSPS) is 21.9. The maximum Gasteiger partial charge on any atom is 0.273 e. The van der Waals surface area contributed by atoms with E-state index in [1.807, 2.05) is 13.8 Å². The van der Waals surface area contributed by atoms with Crippen molar-refractivity contribution in [3.63, 3.8) is 0 Å². The highest BCUT2D eigenvalue weighted by molar-refractivity contribution is 5.94. The van der Waals surface area contributed by atoms with Gasteiger partial charge in [-0.2, -0.15) is 0 Å². The van der Waals surface area contributed by atoms with Gasteiger partial charge in [0.2, 0.25) is 5.91 Å². The van der Waals surface area contributed by atoms with Gasteiger partial charge in [-0.1, -0.05) is 24.4 Å². The number of aromatic nitrogens is 1. The van der Waals surface area contributed by atoms with Crippen LogP contribution in [-0.4, -0.2) is 66.3 Å². The van der Waals surface area contributed by atoms with E-state index in [0.29, 0.717) is 32.2 Å². The second-order valence-corrected chi connectivity index (χ2v) is 10.0. The Balaban J connectivity index is 1.46. The van der Waals surface area contributed by atoms with E-state index in [2.05, 4.69) is 20.7 Å². The lowest BCUT2D eigenvalue weighted by molar-refractivity contribution is -0.129. The van der Waals surface area contributed by atoms with Gasteiger partial charge in [0, 0.05) is 50.0 Å². The van der Waals surface area contributed by atoms with Crippen LogP contribution in [0.2, 0.25) is 0 Å². The van der Waals surface area contributed by atoms with Crippen LogP contribution in [0.4, 0.5) is 8.78 Å². The third-order valence-electron chi connectivity index (χ3n) is 7.29. The standard InChI is InChI=1S/C27H36F2N4O4/c1-3-36-16-17(2)30-26(34)21-15-33(19-7-5-4-6-8-19)12-11-23(21)31-27(35)24-14-25(37-32-24)20-10-9-18(28)13-22(20)29/h9-10,13-14,17,19,21,23H,3-8,11-12,15-16H2,1-2H3,(H,30,34)(H,31,35)/t17-,21+,23+/m1/s1. The number of nitrogens with zero attached hydrogens (tertiary/aromatic N) is 2. The Labute approximate surface area is 216 Å². The molecule has 37 heavy (non-hydrogen) atoms. The first kappa shape index (κ1) is 27.2. The molecule has 2 aliphatic rings. The Bertz CT molecular complexity index is 1070. The number of benzene rings is 1. The highest BCUT2D eigenvalue weighted by Gasteiger charge is 2.38. The number of halogens is 2. The first-order valence-corrected chi connectivity index (χ1v) is 13.2. The Morgan fingerprint density at radius 1 is 1.19 bits per heavy atom. The van der Waals surface area contributed by atoms with Crippen molar-refractivity contribution in [2.75, 3.05) is 26.3 Å². The molecular formula is C27H36F2N4O4. The summed E-state index contributed by atoms with van der Waals surface area (Å²) in [5.41, 5.74) is -0.0217. The number of piperidine rings is 1. The van der Waals surface area contributed by atoms with Crippen LogP contribution in [0.1, 0.15) is 62.9 Å². The van der Waals surface area contributed by atoms with Crippen molar-refractivity contribution in [2.24, 2.45) is 5.92 Å². The summed E-state index contributed by atoms with van der Waals surface area (Å²) in [5, 5.41) is 9.79. The Kier molecular flexibility index (Phi) is 9.26. The highest BCUT2D eigenvalue weighted by atomic mass is 19.1. The molecule has 1 aliphatic carbocycles. The number of rotatable bonds is 9. The van der Waals surface area contributed by atoms with Crippen LogP contribution >= 0.6 is 0 Å². The zero-order valence-corrected chi connectivity index (χ0v) is 21.5. The Hall–Kier alpha value is -2.85. The fraction of sp³-hybridized carbons (Fsp3) is 0.593. The second kappa shape index (κ2) is 12.6. The molecule has 2 aromatic rings. The van der Waals surface area contributed by atoms with Crippen molar-refractivity contribution in [3.8, 4) is 11.3 Å². The fourth-order valence-electron chi connectivity index (χ4n) is 5.32. The highest BCUT2D eigenvalue weighted by Crippen LogP contribution is 2.28. The van der Waals surface area contributed by atoms with Crippen molar-refractivity contribution >= 4 is 11.8 Å². The van der Waals surface area contributed by atoms with Gasteiger partial charge in [-0.05, 0) is 45.2 Å². The van der Waals surface area contributed by atoms with Gasteiger partial charge in [0.25, 0.3) is 5.91 Å². The van der Waals surface area contributed by atoms with E-state index in [4.69, 9.17) is 9.26 Å². The largest absolute Gasteiger partial charge is 0.380 e. The number of amides is 2. The zero-order valence-electron chi connectivity index (χ0n) is 21.5. The Morgan fingerprint density at radius 2 is 1.97 bits per heavy atom. The van der Waals surface area contributed by atoms with Crippen molar-refractivity contribution in [3.05, 3.63) is 41.6 Å².